The van der Waals surface area contributed by atoms with Crippen molar-refractivity contribution in [2.24, 2.45) is 5.92 Å². The van der Waals surface area contributed by atoms with Crippen molar-refractivity contribution in [2.45, 2.75) is 13.8 Å². The molecule has 0 atom stereocenters. The highest BCUT2D eigenvalue weighted by Gasteiger charge is 1.94. The van der Waals surface area contributed by atoms with E-state index < -0.39 is 11.6 Å². The van der Waals surface area contributed by atoms with Gasteiger partial charge in [-0.25, -0.2) is 8.78 Å². The molecule has 1 aromatic rings. The van der Waals surface area contributed by atoms with E-state index in [1.54, 1.807) is 13.8 Å². The summed E-state index contributed by atoms with van der Waals surface area (Å²) in [6.07, 6.45) is 0. The van der Waals surface area contributed by atoms with Gasteiger partial charge in [0.15, 0.2) is 0 Å². The smallest absolute Gasteiger partial charge is 0.126 e. The van der Waals surface area contributed by atoms with E-state index in [-0.39, 0.29) is 19.1 Å². The maximum Gasteiger partial charge on any atom is 0.126 e. The third kappa shape index (κ3) is 6.99. The van der Waals surface area contributed by atoms with E-state index >= 15 is 0 Å². The molecule has 1 aromatic carbocycles. The summed E-state index contributed by atoms with van der Waals surface area (Å²) in [5, 5.41) is 16.3. The molecule has 0 heterocycles. The number of aliphatic hydroxyl groups excluding tert-OH is 2. The zero-order chi connectivity index (χ0) is 11.8. The summed E-state index contributed by atoms with van der Waals surface area (Å²) < 4.78 is 24.4. The molecule has 0 unspecified atom stereocenters. The van der Waals surface area contributed by atoms with Crippen LogP contribution in [0.15, 0.2) is 18.2 Å². The molecule has 0 aliphatic carbocycles. The van der Waals surface area contributed by atoms with Gasteiger partial charge in [-0.15, -0.1) is 0 Å². The lowest BCUT2D eigenvalue weighted by molar-refractivity contribution is 0.162. The van der Waals surface area contributed by atoms with Gasteiger partial charge in [-0.3, -0.25) is 0 Å². The highest BCUT2D eigenvalue weighted by molar-refractivity contribution is 5.15. The standard InChI is InChI=1S/C7H6F2.C4H10O2/c1-5-2-6(8)4-7(9)3-5;1-4(2-5)3-6/h2-4H,1H3;4-6H,2-3H2,1H3. The molecule has 0 spiro atoms. The maximum absolute atomic E-state index is 12.2. The van der Waals surface area contributed by atoms with E-state index in [2.05, 4.69) is 0 Å². The van der Waals surface area contributed by atoms with Gasteiger partial charge in [-0.2, -0.15) is 0 Å². The quantitative estimate of drug-likeness (QED) is 0.795. The number of hydrogen-bond donors (Lipinski definition) is 2. The van der Waals surface area contributed by atoms with Crippen LogP contribution in [0.4, 0.5) is 8.78 Å². The van der Waals surface area contributed by atoms with Crippen molar-refractivity contribution in [1.82, 2.24) is 0 Å². The Balaban J connectivity index is 0.000000288. The van der Waals surface area contributed by atoms with E-state index in [1.807, 2.05) is 0 Å². The first-order valence-corrected chi connectivity index (χ1v) is 4.64. The van der Waals surface area contributed by atoms with Crippen molar-refractivity contribution in [3.8, 4) is 0 Å². The number of rotatable bonds is 2. The Morgan fingerprint density at radius 2 is 1.47 bits per heavy atom. The fraction of sp³-hybridized carbons (Fsp3) is 0.455. The highest BCUT2D eigenvalue weighted by Crippen LogP contribution is 2.05. The van der Waals surface area contributed by atoms with Crippen molar-refractivity contribution in [3.05, 3.63) is 35.4 Å². The predicted octanol–water partition coefficient (Wildman–Crippen LogP) is 1.88. The Kier molecular flexibility index (Phi) is 6.83. The van der Waals surface area contributed by atoms with Crippen LogP contribution in [-0.2, 0) is 0 Å². The molecule has 0 aliphatic rings. The molecule has 2 N–H and O–H groups in total. The molecule has 86 valence electrons. The van der Waals surface area contributed by atoms with Crippen LogP contribution in [0, 0.1) is 24.5 Å². The van der Waals surface area contributed by atoms with Gasteiger partial charge in [0.2, 0.25) is 0 Å². The van der Waals surface area contributed by atoms with Gasteiger partial charge in [0.1, 0.15) is 11.6 Å². The minimum atomic E-state index is -0.521. The summed E-state index contributed by atoms with van der Waals surface area (Å²) in [4.78, 5) is 0. The average molecular weight is 218 g/mol. The molecule has 0 radical (unpaired) electrons. The lowest BCUT2D eigenvalue weighted by Crippen LogP contribution is -2.04. The third-order valence-corrected chi connectivity index (χ3v) is 1.63. The summed E-state index contributed by atoms with van der Waals surface area (Å²) in [6.45, 7) is 3.58. The topological polar surface area (TPSA) is 40.5 Å². The summed E-state index contributed by atoms with van der Waals surface area (Å²) in [5.41, 5.74) is 0.604. The number of hydrogen-bond acceptors (Lipinski definition) is 2. The fourth-order valence-electron chi connectivity index (χ4n) is 0.749. The van der Waals surface area contributed by atoms with Crippen LogP contribution >= 0.6 is 0 Å². The zero-order valence-electron chi connectivity index (χ0n) is 8.87. The normalized spacial score (nSPS) is 9.80. The van der Waals surface area contributed by atoms with Gasteiger partial charge < -0.3 is 10.2 Å². The van der Waals surface area contributed by atoms with Crippen molar-refractivity contribution in [2.75, 3.05) is 13.2 Å². The molecule has 0 fully saturated rings. The second kappa shape index (κ2) is 7.31. The Hall–Kier alpha value is -1.00. The number of aliphatic hydroxyl groups is 2. The summed E-state index contributed by atoms with van der Waals surface area (Å²) >= 11 is 0. The van der Waals surface area contributed by atoms with Gasteiger partial charge in [0.25, 0.3) is 0 Å². The van der Waals surface area contributed by atoms with E-state index in [0.717, 1.165) is 6.07 Å². The van der Waals surface area contributed by atoms with Crippen LogP contribution in [-0.4, -0.2) is 23.4 Å². The lowest BCUT2D eigenvalue weighted by atomic mass is 10.2. The molecule has 2 nitrogen and oxygen atoms in total. The maximum atomic E-state index is 12.2. The predicted molar refractivity (Wildman–Crippen MR) is 54.4 cm³/mol. The number of benzene rings is 1. The van der Waals surface area contributed by atoms with E-state index in [0.29, 0.717) is 5.56 Å². The summed E-state index contributed by atoms with van der Waals surface area (Å²) in [7, 11) is 0. The molecule has 0 saturated carbocycles. The minimum Gasteiger partial charge on any atom is -0.396 e. The van der Waals surface area contributed by atoms with Gasteiger partial charge in [0.05, 0.1) is 0 Å². The zero-order valence-corrected chi connectivity index (χ0v) is 8.87. The summed E-state index contributed by atoms with van der Waals surface area (Å²) in [5.74, 6) is -0.995. The molecule has 1 rings (SSSR count). The van der Waals surface area contributed by atoms with Gasteiger partial charge in [-0.05, 0) is 24.6 Å². The molecule has 4 heteroatoms. The minimum absolute atomic E-state index is 0.0463. The molecular weight excluding hydrogens is 202 g/mol. The molecule has 0 aromatic heterocycles. The van der Waals surface area contributed by atoms with Gasteiger partial charge in [-0.1, -0.05) is 6.92 Å². The van der Waals surface area contributed by atoms with Crippen molar-refractivity contribution >= 4 is 0 Å². The third-order valence-electron chi connectivity index (χ3n) is 1.63. The lowest BCUT2D eigenvalue weighted by Gasteiger charge is -1.97. The van der Waals surface area contributed by atoms with Crippen LogP contribution in [0.5, 0.6) is 0 Å². The Labute approximate surface area is 88.2 Å². The van der Waals surface area contributed by atoms with Crippen molar-refractivity contribution in [3.63, 3.8) is 0 Å². The molecule has 0 amide bonds. The van der Waals surface area contributed by atoms with Gasteiger partial charge >= 0.3 is 0 Å². The van der Waals surface area contributed by atoms with Crippen molar-refractivity contribution in [1.29, 1.82) is 0 Å². The first kappa shape index (κ1) is 14.0. The molecular formula is C11H16F2O2. The second-order valence-corrected chi connectivity index (χ2v) is 3.42. The fourth-order valence-corrected chi connectivity index (χ4v) is 0.749. The first-order chi connectivity index (χ1) is 6.99. The van der Waals surface area contributed by atoms with E-state index in [9.17, 15) is 8.78 Å². The van der Waals surface area contributed by atoms with Crippen LogP contribution in [0.1, 0.15) is 12.5 Å². The molecule has 0 bridgehead atoms. The Bertz CT molecular complexity index is 235. The highest BCUT2D eigenvalue weighted by atomic mass is 19.1. The molecule has 0 aliphatic heterocycles. The average Bonchev–Trinajstić information content (AvgIpc) is 2.15. The SMILES string of the molecule is CC(CO)CO.Cc1cc(F)cc(F)c1. The number of halogens is 2. The van der Waals surface area contributed by atoms with Gasteiger partial charge in [0, 0.05) is 25.2 Å². The van der Waals surface area contributed by atoms with Crippen LogP contribution in [0.2, 0.25) is 0 Å². The Morgan fingerprint density at radius 1 is 1.07 bits per heavy atom. The Morgan fingerprint density at radius 3 is 1.67 bits per heavy atom. The molecule has 0 saturated heterocycles. The summed E-state index contributed by atoms with van der Waals surface area (Å²) in [6, 6.07) is 3.42. The van der Waals surface area contributed by atoms with E-state index in [1.165, 1.54) is 12.1 Å². The van der Waals surface area contributed by atoms with Crippen LogP contribution in [0.25, 0.3) is 0 Å². The van der Waals surface area contributed by atoms with Crippen LogP contribution < -0.4 is 0 Å². The number of aryl methyl sites for hydroxylation is 1. The van der Waals surface area contributed by atoms with Crippen molar-refractivity contribution < 1.29 is 19.0 Å². The largest absolute Gasteiger partial charge is 0.396 e. The van der Waals surface area contributed by atoms with E-state index in [4.69, 9.17) is 10.2 Å². The monoisotopic (exact) mass is 218 g/mol. The second-order valence-electron chi connectivity index (χ2n) is 3.42. The van der Waals surface area contributed by atoms with Crippen LogP contribution in [0.3, 0.4) is 0 Å². The first-order valence-electron chi connectivity index (χ1n) is 4.64. The molecule has 15 heavy (non-hydrogen) atoms.